The van der Waals surface area contributed by atoms with Gasteiger partial charge in [-0.05, 0) is 12.1 Å². The van der Waals surface area contributed by atoms with E-state index < -0.39 is 29.6 Å². The Balaban J connectivity index is 3.10. The van der Waals surface area contributed by atoms with Gasteiger partial charge in [0.15, 0.2) is 0 Å². The predicted molar refractivity (Wildman–Crippen MR) is 48.9 cm³/mol. The van der Waals surface area contributed by atoms with E-state index in [0.717, 1.165) is 6.07 Å². The van der Waals surface area contributed by atoms with Crippen molar-refractivity contribution in [1.82, 2.24) is 0 Å². The molecule has 0 aliphatic carbocycles. The minimum Gasteiger partial charge on any atom is -0.479 e. The van der Waals surface area contributed by atoms with Crippen LogP contribution >= 0.6 is 11.6 Å². The van der Waals surface area contributed by atoms with Gasteiger partial charge >= 0.3 is 5.97 Å². The third-order valence-electron chi connectivity index (χ3n) is 1.81. The van der Waals surface area contributed by atoms with Crippen LogP contribution in [0, 0.1) is 5.82 Å². The van der Waals surface area contributed by atoms with Crippen molar-refractivity contribution in [2.75, 3.05) is 0 Å². The third kappa shape index (κ3) is 2.43. The van der Waals surface area contributed by atoms with E-state index in [-0.39, 0.29) is 5.02 Å². The Morgan fingerprint density at radius 3 is 2.53 bits per heavy atom. The number of carbonyl (C=O) groups is 1. The van der Waals surface area contributed by atoms with Crippen molar-refractivity contribution in [2.45, 2.75) is 12.3 Å². The average Bonchev–Trinajstić information content (AvgIpc) is 2.15. The molecule has 1 rings (SSSR count). The Hall–Kier alpha value is -1.20. The van der Waals surface area contributed by atoms with Gasteiger partial charge in [-0.15, -0.1) is 0 Å². The fourth-order valence-corrected chi connectivity index (χ4v) is 1.35. The van der Waals surface area contributed by atoms with E-state index in [1.165, 1.54) is 12.1 Å². The highest BCUT2D eigenvalue weighted by molar-refractivity contribution is 6.31. The van der Waals surface area contributed by atoms with Crippen LogP contribution < -0.4 is 0 Å². The quantitative estimate of drug-likeness (QED) is 0.843. The molecule has 2 atom stereocenters. The number of halogens is 3. The molecule has 0 radical (unpaired) electrons. The number of alkyl halides is 1. The van der Waals surface area contributed by atoms with Gasteiger partial charge in [0, 0.05) is 10.6 Å². The molecule has 0 saturated heterocycles. The minimum absolute atomic E-state index is 0.216. The zero-order chi connectivity index (χ0) is 11.6. The predicted octanol–water partition coefficient (Wildman–Crippen LogP) is 1.94. The highest BCUT2D eigenvalue weighted by Gasteiger charge is 2.30. The lowest BCUT2D eigenvalue weighted by Gasteiger charge is -2.14. The van der Waals surface area contributed by atoms with Crippen molar-refractivity contribution in [3.63, 3.8) is 0 Å². The van der Waals surface area contributed by atoms with Crippen LogP contribution in [-0.4, -0.2) is 22.4 Å². The molecule has 0 heterocycles. The Morgan fingerprint density at radius 2 is 2.07 bits per heavy atom. The summed E-state index contributed by atoms with van der Waals surface area (Å²) in [5, 5.41) is 17.3. The van der Waals surface area contributed by atoms with E-state index in [1.807, 2.05) is 0 Å². The van der Waals surface area contributed by atoms with Crippen molar-refractivity contribution in [3.05, 3.63) is 34.6 Å². The van der Waals surface area contributed by atoms with Crippen LogP contribution in [0.1, 0.15) is 11.7 Å². The summed E-state index contributed by atoms with van der Waals surface area (Å²) in [6.45, 7) is 0. The van der Waals surface area contributed by atoms with Crippen molar-refractivity contribution in [3.8, 4) is 0 Å². The number of benzene rings is 1. The normalized spacial score (nSPS) is 14.7. The second-order valence-corrected chi connectivity index (χ2v) is 3.23. The van der Waals surface area contributed by atoms with Gasteiger partial charge in [-0.25, -0.2) is 13.6 Å². The van der Waals surface area contributed by atoms with Crippen molar-refractivity contribution in [2.24, 2.45) is 0 Å². The lowest BCUT2D eigenvalue weighted by Crippen LogP contribution is -2.24. The molecular formula is C9H7ClF2O3. The molecule has 0 fully saturated rings. The molecule has 1 aromatic carbocycles. The van der Waals surface area contributed by atoms with Gasteiger partial charge in [0.05, 0.1) is 0 Å². The molecule has 0 aliphatic heterocycles. The number of carboxylic acid groups (broad SMARTS) is 1. The second-order valence-electron chi connectivity index (χ2n) is 2.82. The summed E-state index contributed by atoms with van der Waals surface area (Å²) in [5.41, 5.74) is -0.547. The smallest absolute Gasteiger partial charge is 0.341 e. The fraction of sp³-hybridized carbons (Fsp3) is 0.222. The summed E-state index contributed by atoms with van der Waals surface area (Å²) in [6.07, 6.45) is -4.73. The highest BCUT2D eigenvalue weighted by atomic mass is 35.5. The number of rotatable bonds is 3. The molecule has 0 aliphatic rings. The van der Waals surface area contributed by atoms with E-state index in [0.29, 0.717) is 0 Å². The first-order chi connectivity index (χ1) is 6.95. The molecular weight excluding hydrogens is 230 g/mol. The molecule has 82 valence electrons. The lowest BCUT2D eigenvalue weighted by atomic mass is 10.0. The molecule has 0 amide bonds. The van der Waals surface area contributed by atoms with Gasteiger partial charge in [0.25, 0.3) is 0 Å². The summed E-state index contributed by atoms with van der Waals surface area (Å²) < 4.78 is 26.0. The minimum atomic E-state index is -2.61. The Bertz CT molecular complexity index is 363. The highest BCUT2D eigenvalue weighted by Crippen LogP contribution is 2.29. The number of aliphatic hydroxyl groups excluding tert-OH is 1. The van der Waals surface area contributed by atoms with Crippen LogP contribution in [0.3, 0.4) is 0 Å². The van der Waals surface area contributed by atoms with Crippen LogP contribution in [0.2, 0.25) is 5.02 Å². The standard InChI is InChI=1S/C9H7ClF2O3/c10-4-2-1-3-5(11)6(4)8(13)7(12)9(14)15/h1-3,7-8,13H,(H,14,15). The zero-order valence-corrected chi connectivity index (χ0v) is 8.08. The van der Waals surface area contributed by atoms with Crippen LogP contribution in [0.5, 0.6) is 0 Å². The SMILES string of the molecule is O=C(O)C(F)C(O)c1c(F)cccc1Cl. The van der Waals surface area contributed by atoms with Crippen LogP contribution in [0.4, 0.5) is 8.78 Å². The molecule has 15 heavy (non-hydrogen) atoms. The molecule has 0 aromatic heterocycles. The number of hydrogen-bond acceptors (Lipinski definition) is 2. The Morgan fingerprint density at radius 1 is 1.47 bits per heavy atom. The Labute approximate surface area is 88.9 Å². The summed E-state index contributed by atoms with van der Waals surface area (Å²) in [7, 11) is 0. The second kappa shape index (κ2) is 4.55. The van der Waals surface area contributed by atoms with E-state index in [9.17, 15) is 18.7 Å². The zero-order valence-electron chi connectivity index (χ0n) is 7.32. The van der Waals surface area contributed by atoms with Gasteiger partial charge in [-0.2, -0.15) is 0 Å². The first-order valence-corrected chi connectivity index (χ1v) is 4.31. The first kappa shape index (κ1) is 11.9. The average molecular weight is 237 g/mol. The van der Waals surface area contributed by atoms with Gasteiger partial charge in [-0.3, -0.25) is 0 Å². The van der Waals surface area contributed by atoms with Crippen LogP contribution in [-0.2, 0) is 4.79 Å². The van der Waals surface area contributed by atoms with Crippen molar-refractivity contribution < 1.29 is 23.8 Å². The van der Waals surface area contributed by atoms with Crippen molar-refractivity contribution >= 4 is 17.6 Å². The molecule has 1 aromatic rings. The maximum Gasteiger partial charge on any atom is 0.341 e. The van der Waals surface area contributed by atoms with Gasteiger partial charge in [0.2, 0.25) is 6.17 Å². The fourth-order valence-electron chi connectivity index (χ4n) is 1.07. The topological polar surface area (TPSA) is 57.5 Å². The number of carboxylic acids is 1. The first-order valence-electron chi connectivity index (χ1n) is 3.94. The summed E-state index contributed by atoms with van der Waals surface area (Å²) in [4.78, 5) is 10.2. The summed E-state index contributed by atoms with van der Waals surface area (Å²) in [6, 6.07) is 3.46. The van der Waals surface area contributed by atoms with E-state index in [4.69, 9.17) is 16.7 Å². The van der Waals surface area contributed by atoms with Crippen molar-refractivity contribution in [1.29, 1.82) is 0 Å². The van der Waals surface area contributed by atoms with Gasteiger partial charge in [0.1, 0.15) is 11.9 Å². The monoisotopic (exact) mass is 236 g/mol. The van der Waals surface area contributed by atoms with E-state index >= 15 is 0 Å². The maximum absolute atomic E-state index is 13.1. The van der Waals surface area contributed by atoms with E-state index in [2.05, 4.69) is 0 Å². The molecule has 3 nitrogen and oxygen atoms in total. The Kier molecular flexibility index (Phi) is 3.60. The summed E-state index contributed by atoms with van der Waals surface area (Å²) >= 11 is 5.51. The summed E-state index contributed by atoms with van der Waals surface area (Å²) in [5.74, 6) is -2.82. The molecule has 0 bridgehead atoms. The molecule has 2 N–H and O–H groups in total. The van der Waals surface area contributed by atoms with Gasteiger partial charge in [-0.1, -0.05) is 17.7 Å². The largest absolute Gasteiger partial charge is 0.479 e. The molecule has 0 saturated carbocycles. The van der Waals surface area contributed by atoms with Gasteiger partial charge < -0.3 is 10.2 Å². The number of hydrogen-bond donors (Lipinski definition) is 2. The molecule has 2 unspecified atom stereocenters. The number of aliphatic hydroxyl groups is 1. The van der Waals surface area contributed by atoms with E-state index in [1.54, 1.807) is 0 Å². The van der Waals surface area contributed by atoms with Crippen LogP contribution in [0.25, 0.3) is 0 Å². The van der Waals surface area contributed by atoms with Crippen LogP contribution in [0.15, 0.2) is 18.2 Å². The lowest BCUT2D eigenvalue weighted by molar-refractivity contribution is -0.147. The maximum atomic E-state index is 13.1. The third-order valence-corrected chi connectivity index (χ3v) is 2.14. The molecule has 0 spiro atoms. The molecule has 6 heteroatoms. The number of aliphatic carboxylic acids is 1.